The fraction of sp³-hybridized carbons (Fsp3) is 0.226. The van der Waals surface area contributed by atoms with E-state index in [0.29, 0.717) is 0 Å². The zero-order chi connectivity index (χ0) is 24.2. The minimum absolute atomic E-state index is 0.0735. The summed E-state index contributed by atoms with van der Waals surface area (Å²) < 4.78 is 0. The summed E-state index contributed by atoms with van der Waals surface area (Å²) in [6, 6.07) is 26.5. The lowest BCUT2D eigenvalue weighted by Gasteiger charge is -2.39. The molecule has 0 aliphatic carbocycles. The topological polar surface area (TPSA) is 3.24 Å². The van der Waals surface area contributed by atoms with Gasteiger partial charge in [-0.3, -0.25) is 0 Å². The molecule has 5 rings (SSSR count). The van der Waals surface area contributed by atoms with Crippen LogP contribution in [-0.4, -0.2) is 14.6 Å². The van der Waals surface area contributed by atoms with Crippen molar-refractivity contribution in [1.82, 2.24) is 0 Å². The van der Waals surface area contributed by atoms with Crippen molar-refractivity contribution >= 4 is 58.8 Å². The molecule has 4 aromatic rings. The molecule has 0 saturated carbocycles. The number of hydrogen-bond donors (Lipinski definition) is 0. The van der Waals surface area contributed by atoms with Crippen LogP contribution < -0.4 is 21.3 Å². The van der Waals surface area contributed by atoms with Gasteiger partial charge in [-0.05, 0) is 59.3 Å². The average molecular weight is 439 g/mol. The molecule has 1 heterocycles. The fourth-order valence-corrected chi connectivity index (χ4v) is 5.41. The van der Waals surface area contributed by atoms with E-state index in [4.69, 9.17) is 7.85 Å². The first-order chi connectivity index (χ1) is 16.2. The Labute approximate surface area is 206 Å². The minimum Gasteiger partial charge on any atom is -0.311 e. The molecule has 1 aliphatic heterocycles. The zero-order valence-electron chi connectivity index (χ0n) is 21.1. The smallest absolute Gasteiger partial charge is 0.242 e. The zero-order valence-corrected chi connectivity index (χ0v) is 21.1. The highest BCUT2D eigenvalue weighted by Gasteiger charge is 2.37. The van der Waals surface area contributed by atoms with Gasteiger partial charge in [-0.2, -0.15) is 0 Å². The highest BCUT2D eigenvalue weighted by atomic mass is 15.2. The molecule has 0 atom stereocenters. The van der Waals surface area contributed by atoms with Crippen LogP contribution in [0.1, 0.15) is 45.7 Å². The molecule has 0 saturated heterocycles. The quantitative estimate of drug-likeness (QED) is 0.340. The van der Waals surface area contributed by atoms with Crippen LogP contribution in [0.3, 0.4) is 0 Å². The predicted octanol–water partition coefficient (Wildman–Crippen LogP) is 6.14. The third-order valence-corrected chi connectivity index (χ3v) is 7.28. The van der Waals surface area contributed by atoms with Gasteiger partial charge in [0, 0.05) is 16.8 Å². The van der Waals surface area contributed by atoms with Gasteiger partial charge in [0.25, 0.3) is 0 Å². The van der Waals surface area contributed by atoms with E-state index in [0.717, 1.165) is 5.46 Å². The molecule has 4 aromatic carbocycles. The van der Waals surface area contributed by atoms with E-state index in [-0.39, 0.29) is 12.1 Å². The van der Waals surface area contributed by atoms with Crippen LogP contribution in [0.4, 0.5) is 17.1 Å². The summed E-state index contributed by atoms with van der Waals surface area (Å²) in [4.78, 5) is 2.43. The summed E-state index contributed by atoms with van der Waals surface area (Å²) in [5, 5.41) is 2.48. The van der Waals surface area contributed by atoms with Crippen molar-refractivity contribution in [2.45, 2.75) is 47.0 Å². The first-order valence-electron chi connectivity index (χ1n) is 12.2. The monoisotopic (exact) mass is 439 g/mol. The Kier molecular flexibility index (Phi) is 5.47. The van der Waals surface area contributed by atoms with Crippen LogP contribution in [-0.2, 0) is 5.41 Å². The van der Waals surface area contributed by atoms with Crippen molar-refractivity contribution in [2.75, 3.05) is 4.90 Å². The van der Waals surface area contributed by atoms with Gasteiger partial charge < -0.3 is 4.90 Å². The number of rotatable bonds is 2. The summed E-state index contributed by atoms with van der Waals surface area (Å²) in [5.74, 6) is 0. The molecule has 166 valence electrons. The number of fused-ring (bicyclic) bond motifs is 3. The number of aryl methyl sites for hydroxylation is 1. The van der Waals surface area contributed by atoms with Gasteiger partial charge in [0.05, 0.1) is 5.69 Å². The molecule has 34 heavy (non-hydrogen) atoms. The lowest BCUT2D eigenvalue weighted by atomic mass is 9.34. The summed E-state index contributed by atoms with van der Waals surface area (Å²) >= 11 is 0. The molecule has 1 aliphatic rings. The summed E-state index contributed by atoms with van der Waals surface area (Å²) in [7, 11) is 6.45. The number of anilines is 3. The van der Waals surface area contributed by atoms with Gasteiger partial charge in [-0.1, -0.05) is 105 Å². The summed E-state index contributed by atoms with van der Waals surface area (Å²) in [6.07, 6.45) is 2.26. The molecule has 0 amide bonds. The van der Waals surface area contributed by atoms with E-state index >= 15 is 0 Å². The van der Waals surface area contributed by atoms with Crippen molar-refractivity contribution in [2.24, 2.45) is 0 Å². The van der Waals surface area contributed by atoms with Gasteiger partial charge in [0.15, 0.2) is 0 Å². The summed E-state index contributed by atoms with van der Waals surface area (Å²) in [6.45, 7) is 13.7. The highest BCUT2D eigenvalue weighted by Crippen LogP contribution is 2.41. The maximum Gasteiger partial charge on any atom is 0.242 e. The van der Waals surface area contributed by atoms with Gasteiger partial charge in [0.1, 0.15) is 7.85 Å². The molecule has 0 unspecified atom stereocenters. The second-order valence-electron chi connectivity index (χ2n) is 10.6. The van der Waals surface area contributed by atoms with Crippen LogP contribution in [0.2, 0.25) is 0 Å². The number of nitrogens with zero attached hydrogens (tertiary/aromatic N) is 1. The molecule has 0 spiro atoms. The molecular formula is C31H31B2N. The first-order valence-corrected chi connectivity index (χ1v) is 12.2. The van der Waals surface area contributed by atoms with Crippen molar-refractivity contribution in [3.05, 3.63) is 95.5 Å². The van der Waals surface area contributed by atoms with Crippen LogP contribution >= 0.6 is 0 Å². The second-order valence-corrected chi connectivity index (χ2v) is 10.6. The van der Waals surface area contributed by atoms with E-state index in [2.05, 4.69) is 125 Å². The molecular weight excluding hydrogens is 408 g/mol. The Morgan fingerprint density at radius 1 is 0.882 bits per heavy atom. The van der Waals surface area contributed by atoms with Crippen molar-refractivity contribution in [3.63, 3.8) is 0 Å². The highest BCUT2D eigenvalue weighted by molar-refractivity contribution is 6.93. The Balaban J connectivity index is 1.91. The van der Waals surface area contributed by atoms with E-state index in [1.54, 1.807) is 0 Å². The third kappa shape index (κ3) is 3.59. The van der Waals surface area contributed by atoms with Crippen LogP contribution in [0.15, 0.2) is 84.3 Å². The van der Waals surface area contributed by atoms with E-state index in [1.807, 2.05) is 0 Å². The normalized spacial score (nSPS) is 13.8. The second kappa shape index (κ2) is 8.24. The molecule has 0 fully saturated rings. The SMILES string of the molecule is [B]c1cc(C)c2c(c1)N(c1cccc3ccccc13)c1ccc(C(C)(C)C)cc1B2/C(C)=C/C. The van der Waals surface area contributed by atoms with Crippen molar-refractivity contribution < 1.29 is 0 Å². The Hall–Kier alpha value is -3.19. The molecule has 3 heteroatoms. The van der Waals surface area contributed by atoms with Gasteiger partial charge in [-0.25, -0.2) is 0 Å². The van der Waals surface area contributed by atoms with Crippen LogP contribution in [0.25, 0.3) is 10.8 Å². The Morgan fingerprint density at radius 2 is 1.62 bits per heavy atom. The molecule has 2 radical (unpaired) electrons. The van der Waals surface area contributed by atoms with Gasteiger partial charge in [0.2, 0.25) is 6.71 Å². The van der Waals surface area contributed by atoms with E-state index < -0.39 is 0 Å². The lowest BCUT2D eigenvalue weighted by Crippen LogP contribution is -2.53. The molecule has 0 aromatic heterocycles. The minimum atomic E-state index is 0.0735. The lowest BCUT2D eigenvalue weighted by molar-refractivity contribution is 0.591. The number of benzene rings is 4. The van der Waals surface area contributed by atoms with Crippen molar-refractivity contribution in [3.8, 4) is 0 Å². The van der Waals surface area contributed by atoms with Gasteiger partial charge in [-0.15, -0.1) is 0 Å². The third-order valence-electron chi connectivity index (χ3n) is 7.28. The van der Waals surface area contributed by atoms with Crippen LogP contribution in [0, 0.1) is 6.92 Å². The number of allylic oxidation sites excluding steroid dienone is 2. The Morgan fingerprint density at radius 3 is 2.35 bits per heavy atom. The molecule has 0 bridgehead atoms. The van der Waals surface area contributed by atoms with Gasteiger partial charge >= 0.3 is 0 Å². The molecule has 1 nitrogen and oxygen atoms in total. The largest absolute Gasteiger partial charge is 0.311 e. The summed E-state index contributed by atoms with van der Waals surface area (Å²) in [5.41, 5.74) is 11.1. The maximum atomic E-state index is 6.45. The standard InChI is InChI=1S/C31H31B2N/c1-7-21(3)33-26-18-23(31(4,5)6)15-16-28(26)34(29-19-24(32)17-20(2)30(29)33)27-14-10-12-22-11-8-9-13-25(22)27/h7-19H,1-6H3/b21-7+. The average Bonchev–Trinajstić information content (AvgIpc) is 2.81. The maximum absolute atomic E-state index is 6.45. The predicted molar refractivity (Wildman–Crippen MR) is 152 cm³/mol. The van der Waals surface area contributed by atoms with E-state index in [1.165, 1.54) is 55.4 Å². The van der Waals surface area contributed by atoms with E-state index in [9.17, 15) is 0 Å². The molecule has 0 N–H and O–H groups in total. The van der Waals surface area contributed by atoms with Crippen molar-refractivity contribution in [1.29, 1.82) is 0 Å². The number of hydrogen-bond acceptors (Lipinski definition) is 1. The fourth-order valence-electron chi connectivity index (χ4n) is 5.41. The Bertz CT molecular complexity index is 1440. The first kappa shape index (κ1) is 22.6. The van der Waals surface area contributed by atoms with Crippen LogP contribution in [0.5, 0.6) is 0 Å².